The van der Waals surface area contributed by atoms with E-state index in [0.29, 0.717) is 19.4 Å². The number of carbonyl (C=O) groups excluding carboxylic acids is 2. The average Bonchev–Trinajstić information content (AvgIpc) is 2.34. The van der Waals surface area contributed by atoms with Gasteiger partial charge in [-0.15, -0.1) is 0 Å². The fourth-order valence-corrected chi connectivity index (χ4v) is 1.52. The van der Waals surface area contributed by atoms with Crippen LogP contribution in [-0.2, 0) is 14.3 Å². The first-order valence-electron chi connectivity index (χ1n) is 4.32. The van der Waals surface area contributed by atoms with Crippen molar-refractivity contribution >= 4 is 11.8 Å². The van der Waals surface area contributed by atoms with Crippen LogP contribution in [0.3, 0.4) is 0 Å². The van der Waals surface area contributed by atoms with Gasteiger partial charge in [-0.25, -0.2) is 0 Å². The minimum absolute atomic E-state index is 0.0287. The Hall–Kier alpha value is -0.860. The SMILES string of the molecule is CCOC(=O)[C@@]1(C)CCCC1=O. The minimum Gasteiger partial charge on any atom is -0.465 e. The lowest BCUT2D eigenvalue weighted by Crippen LogP contribution is -2.33. The topological polar surface area (TPSA) is 43.4 Å². The first-order valence-corrected chi connectivity index (χ1v) is 4.32. The molecule has 0 spiro atoms. The average molecular weight is 170 g/mol. The lowest BCUT2D eigenvalue weighted by molar-refractivity contribution is -0.157. The third-order valence-corrected chi connectivity index (χ3v) is 2.42. The molecule has 0 amide bonds. The Labute approximate surface area is 72.1 Å². The quantitative estimate of drug-likeness (QED) is 0.463. The van der Waals surface area contributed by atoms with Gasteiger partial charge in [0.15, 0.2) is 0 Å². The Morgan fingerprint density at radius 2 is 2.33 bits per heavy atom. The zero-order valence-electron chi connectivity index (χ0n) is 7.55. The first-order chi connectivity index (χ1) is 5.61. The lowest BCUT2D eigenvalue weighted by Gasteiger charge is -2.18. The second-order valence-corrected chi connectivity index (χ2v) is 3.33. The molecule has 0 aliphatic heterocycles. The molecule has 0 unspecified atom stereocenters. The molecule has 0 heterocycles. The third kappa shape index (κ3) is 1.36. The summed E-state index contributed by atoms with van der Waals surface area (Å²) in [5.74, 6) is -0.326. The summed E-state index contributed by atoms with van der Waals surface area (Å²) in [5.41, 5.74) is -0.837. The van der Waals surface area contributed by atoms with Gasteiger partial charge in [0.05, 0.1) is 6.61 Å². The van der Waals surface area contributed by atoms with E-state index in [0.717, 1.165) is 6.42 Å². The van der Waals surface area contributed by atoms with Crippen LogP contribution in [-0.4, -0.2) is 18.4 Å². The van der Waals surface area contributed by atoms with E-state index in [9.17, 15) is 9.59 Å². The summed E-state index contributed by atoms with van der Waals surface area (Å²) in [6, 6.07) is 0. The molecular weight excluding hydrogens is 156 g/mol. The maximum atomic E-state index is 11.3. The number of rotatable bonds is 2. The number of esters is 1. The molecule has 3 heteroatoms. The molecule has 0 bridgehead atoms. The van der Waals surface area contributed by atoms with Crippen molar-refractivity contribution in [2.24, 2.45) is 5.41 Å². The van der Waals surface area contributed by atoms with E-state index in [1.165, 1.54) is 0 Å². The smallest absolute Gasteiger partial charge is 0.319 e. The largest absolute Gasteiger partial charge is 0.465 e. The maximum absolute atomic E-state index is 11.3. The second kappa shape index (κ2) is 3.25. The summed E-state index contributed by atoms with van der Waals surface area (Å²) in [7, 11) is 0. The molecule has 1 saturated carbocycles. The molecule has 68 valence electrons. The Morgan fingerprint density at radius 3 is 2.75 bits per heavy atom. The summed E-state index contributed by atoms with van der Waals surface area (Å²) in [4.78, 5) is 22.6. The molecule has 1 rings (SSSR count). The highest BCUT2D eigenvalue weighted by atomic mass is 16.5. The van der Waals surface area contributed by atoms with Crippen molar-refractivity contribution in [3.05, 3.63) is 0 Å². The van der Waals surface area contributed by atoms with Gasteiger partial charge in [-0.1, -0.05) is 0 Å². The molecule has 3 nitrogen and oxygen atoms in total. The zero-order valence-corrected chi connectivity index (χ0v) is 7.55. The number of hydrogen-bond donors (Lipinski definition) is 0. The van der Waals surface area contributed by atoms with Crippen LogP contribution in [0.1, 0.15) is 33.1 Å². The van der Waals surface area contributed by atoms with E-state index >= 15 is 0 Å². The molecule has 0 radical (unpaired) electrons. The fraction of sp³-hybridized carbons (Fsp3) is 0.778. The predicted molar refractivity (Wildman–Crippen MR) is 43.6 cm³/mol. The first kappa shape index (κ1) is 9.23. The molecule has 1 fully saturated rings. The van der Waals surface area contributed by atoms with E-state index in [1.807, 2.05) is 0 Å². The Kier molecular flexibility index (Phi) is 2.50. The molecule has 0 aromatic rings. The molecule has 1 aliphatic rings. The van der Waals surface area contributed by atoms with Gasteiger partial charge < -0.3 is 4.74 Å². The second-order valence-electron chi connectivity index (χ2n) is 3.33. The summed E-state index contributed by atoms with van der Waals surface area (Å²) in [6.45, 7) is 3.78. The van der Waals surface area contributed by atoms with Crippen LogP contribution in [0.4, 0.5) is 0 Å². The molecule has 0 N–H and O–H groups in total. The predicted octanol–water partition coefficient (Wildman–Crippen LogP) is 1.31. The van der Waals surface area contributed by atoms with Gasteiger partial charge in [-0.05, 0) is 26.7 Å². The number of ketones is 1. The fourth-order valence-electron chi connectivity index (χ4n) is 1.52. The molecule has 12 heavy (non-hydrogen) atoms. The molecule has 1 aliphatic carbocycles. The van der Waals surface area contributed by atoms with Crippen molar-refractivity contribution in [1.82, 2.24) is 0 Å². The van der Waals surface area contributed by atoms with Crippen molar-refractivity contribution in [3.8, 4) is 0 Å². The summed E-state index contributed by atoms with van der Waals surface area (Å²) in [5, 5.41) is 0. The van der Waals surface area contributed by atoms with E-state index < -0.39 is 5.41 Å². The van der Waals surface area contributed by atoms with Crippen LogP contribution >= 0.6 is 0 Å². The van der Waals surface area contributed by atoms with Crippen LogP contribution in [0.2, 0.25) is 0 Å². The van der Waals surface area contributed by atoms with Gasteiger partial charge in [-0.3, -0.25) is 9.59 Å². The normalized spacial score (nSPS) is 29.0. The summed E-state index contributed by atoms with van der Waals surface area (Å²) >= 11 is 0. The van der Waals surface area contributed by atoms with Crippen molar-refractivity contribution < 1.29 is 14.3 Å². The monoisotopic (exact) mass is 170 g/mol. The Bertz CT molecular complexity index is 210. The highest BCUT2D eigenvalue weighted by Gasteiger charge is 2.45. The molecule has 0 aromatic carbocycles. The van der Waals surface area contributed by atoms with Gasteiger partial charge in [0.1, 0.15) is 11.2 Å². The van der Waals surface area contributed by atoms with Crippen molar-refractivity contribution in [2.45, 2.75) is 33.1 Å². The highest BCUT2D eigenvalue weighted by molar-refractivity contribution is 6.04. The third-order valence-electron chi connectivity index (χ3n) is 2.42. The van der Waals surface area contributed by atoms with Crippen LogP contribution in [0.5, 0.6) is 0 Å². The van der Waals surface area contributed by atoms with E-state index in [-0.39, 0.29) is 11.8 Å². The number of hydrogen-bond acceptors (Lipinski definition) is 3. The van der Waals surface area contributed by atoms with Crippen LogP contribution < -0.4 is 0 Å². The lowest BCUT2D eigenvalue weighted by atomic mass is 9.88. The Morgan fingerprint density at radius 1 is 1.67 bits per heavy atom. The standard InChI is InChI=1S/C9H14O3/c1-3-12-8(11)9(2)6-4-5-7(9)10/h3-6H2,1-2H3/t9-/m0/s1. The minimum atomic E-state index is -0.837. The number of Topliss-reactive ketones (excluding diaryl/α,β-unsaturated/α-hetero) is 1. The Balaban J connectivity index is 2.70. The van der Waals surface area contributed by atoms with Crippen molar-refractivity contribution in [1.29, 1.82) is 0 Å². The zero-order chi connectivity index (χ0) is 9.19. The highest BCUT2D eigenvalue weighted by Crippen LogP contribution is 2.35. The summed E-state index contributed by atoms with van der Waals surface area (Å²) < 4.78 is 4.84. The van der Waals surface area contributed by atoms with Gasteiger partial charge in [0.25, 0.3) is 0 Å². The van der Waals surface area contributed by atoms with Crippen molar-refractivity contribution in [3.63, 3.8) is 0 Å². The number of ether oxygens (including phenoxy) is 1. The van der Waals surface area contributed by atoms with Crippen LogP contribution in [0.15, 0.2) is 0 Å². The van der Waals surface area contributed by atoms with E-state index in [2.05, 4.69) is 0 Å². The van der Waals surface area contributed by atoms with Crippen LogP contribution in [0.25, 0.3) is 0 Å². The van der Waals surface area contributed by atoms with Gasteiger partial charge in [0.2, 0.25) is 0 Å². The summed E-state index contributed by atoms with van der Waals surface area (Å²) in [6.07, 6.45) is 1.98. The molecular formula is C9H14O3. The van der Waals surface area contributed by atoms with Crippen molar-refractivity contribution in [2.75, 3.05) is 6.61 Å². The molecule has 0 saturated heterocycles. The molecule has 1 atom stereocenters. The van der Waals surface area contributed by atoms with Crippen LogP contribution in [0, 0.1) is 5.41 Å². The van der Waals surface area contributed by atoms with Gasteiger partial charge in [0, 0.05) is 6.42 Å². The number of carbonyl (C=O) groups is 2. The molecule has 0 aromatic heterocycles. The van der Waals surface area contributed by atoms with Gasteiger partial charge in [-0.2, -0.15) is 0 Å². The van der Waals surface area contributed by atoms with E-state index in [1.54, 1.807) is 13.8 Å². The van der Waals surface area contributed by atoms with E-state index in [4.69, 9.17) is 4.74 Å². The van der Waals surface area contributed by atoms with Gasteiger partial charge >= 0.3 is 5.97 Å². The maximum Gasteiger partial charge on any atom is 0.319 e.